The van der Waals surface area contributed by atoms with Crippen LogP contribution in [0, 0.1) is 12.3 Å². The molecule has 38 heavy (non-hydrogen) atoms. The van der Waals surface area contributed by atoms with Gasteiger partial charge in [-0.3, -0.25) is 0 Å². The summed E-state index contributed by atoms with van der Waals surface area (Å²) in [5.41, 5.74) is 3.86. The summed E-state index contributed by atoms with van der Waals surface area (Å²) in [5.74, 6) is -0.269. The molecule has 6 rings (SSSR count). The van der Waals surface area contributed by atoms with Gasteiger partial charge in [-0.2, -0.15) is 13.2 Å². The van der Waals surface area contributed by atoms with E-state index in [0.717, 1.165) is 72.7 Å². The number of alkyl halides is 3. The number of allylic oxidation sites excluding steroid dienone is 1. The Morgan fingerprint density at radius 1 is 1.18 bits per heavy atom. The topological polar surface area (TPSA) is 79.5 Å². The highest BCUT2D eigenvalue weighted by Gasteiger charge is 2.44. The second kappa shape index (κ2) is 8.99. The third-order valence-electron chi connectivity index (χ3n) is 8.23. The first-order chi connectivity index (χ1) is 18.1. The van der Waals surface area contributed by atoms with Crippen molar-refractivity contribution < 1.29 is 27.6 Å². The number of rotatable bonds is 5. The molecule has 2 saturated carbocycles. The highest BCUT2D eigenvalue weighted by molar-refractivity contribution is 5.87. The maximum Gasteiger partial charge on any atom is 0.418 e. The highest BCUT2D eigenvalue weighted by Crippen LogP contribution is 2.54. The highest BCUT2D eigenvalue weighted by atomic mass is 19.4. The first-order valence-electron chi connectivity index (χ1n) is 12.9. The van der Waals surface area contributed by atoms with Gasteiger partial charge < -0.3 is 14.5 Å². The van der Waals surface area contributed by atoms with Crippen LogP contribution in [-0.2, 0) is 6.18 Å². The number of aryl methyl sites for hydroxylation is 1. The molecule has 1 aromatic carbocycles. The van der Waals surface area contributed by atoms with E-state index in [-0.39, 0.29) is 5.41 Å². The fourth-order valence-electron chi connectivity index (χ4n) is 5.95. The molecule has 1 spiro atoms. The van der Waals surface area contributed by atoms with Gasteiger partial charge in [0, 0.05) is 30.1 Å². The number of hydrogen-bond donors (Lipinski definition) is 1. The molecule has 0 atom stereocenters. The van der Waals surface area contributed by atoms with Crippen molar-refractivity contribution in [1.29, 1.82) is 0 Å². The van der Waals surface area contributed by atoms with Crippen molar-refractivity contribution in [2.75, 3.05) is 18.0 Å². The third-order valence-corrected chi connectivity index (χ3v) is 8.23. The monoisotopic (exact) mass is 523 g/mol. The Kier molecular flexibility index (Phi) is 5.85. The van der Waals surface area contributed by atoms with Gasteiger partial charge in [0.1, 0.15) is 11.5 Å². The van der Waals surface area contributed by atoms with Crippen molar-refractivity contribution in [2.45, 2.75) is 57.5 Å². The van der Waals surface area contributed by atoms with Gasteiger partial charge in [0.2, 0.25) is 0 Å². The van der Waals surface area contributed by atoms with Crippen LogP contribution in [0.4, 0.5) is 18.9 Å². The Labute approximate surface area is 218 Å². The number of hydrogen-bond acceptors (Lipinski definition) is 5. The summed E-state index contributed by atoms with van der Waals surface area (Å²) in [5, 5.41) is 13.6. The van der Waals surface area contributed by atoms with E-state index in [1.807, 2.05) is 17.0 Å². The fourth-order valence-corrected chi connectivity index (χ4v) is 5.95. The maximum atomic E-state index is 13.4. The average Bonchev–Trinajstić information content (AvgIpc) is 3.63. The summed E-state index contributed by atoms with van der Waals surface area (Å²) >= 11 is 0. The average molecular weight is 524 g/mol. The van der Waals surface area contributed by atoms with E-state index in [4.69, 9.17) is 9.63 Å². The Balaban J connectivity index is 1.18. The lowest BCUT2D eigenvalue weighted by molar-refractivity contribution is -0.138. The molecule has 2 aliphatic carbocycles. The van der Waals surface area contributed by atoms with Crippen LogP contribution in [-0.4, -0.2) is 34.3 Å². The molecule has 3 aromatic rings. The van der Waals surface area contributed by atoms with E-state index in [0.29, 0.717) is 24.7 Å². The zero-order valence-corrected chi connectivity index (χ0v) is 21.0. The fraction of sp³-hybridized carbons (Fsp3) is 0.414. The summed E-state index contributed by atoms with van der Waals surface area (Å²) in [6.07, 6.45) is 4.58. The minimum absolute atomic E-state index is 0.142. The van der Waals surface area contributed by atoms with Crippen molar-refractivity contribution in [3.63, 3.8) is 0 Å². The van der Waals surface area contributed by atoms with Gasteiger partial charge in [-0.1, -0.05) is 35.0 Å². The van der Waals surface area contributed by atoms with Gasteiger partial charge >= 0.3 is 12.1 Å². The van der Waals surface area contributed by atoms with Crippen molar-refractivity contribution in [3.05, 3.63) is 70.2 Å². The van der Waals surface area contributed by atoms with E-state index in [1.165, 1.54) is 11.8 Å². The first-order valence-corrected chi connectivity index (χ1v) is 12.9. The predicted molar refractivity (Wildman–Crippen MR) is 136 cm³/mol. The van der Waals surface area contributed by atoms with Crippen LogP contribution in [0.15, 0.2) is 46.6 Å². The van der Waals surface area contributed by atoms with Gasteiger partial charge in [-0.15, -0.1) is 0 Å². The second-order valence-corrected chi connectivity index (χ2v) is 10.9. The summed E-state index contributed by atoms with van der Waals surface area (Å²) in [6, 6.07) is 9.10. The zero-order chi connectivity index (χ0) is 26.7. The Morgan fingerprint density at radius 3 is 2.53 bits per heavy atom. The van der Waals surface area contributed by atoms with Gasteiger partial charge in [-0.05, 0) is 68.6 Å². The molecule has 3 aliphatic rings. The van der Waals surface area contributed by atoms with Gasteiger partial charge in [0.05, 0.1) is 17.4 Å². The third kappa shape index (κ3) is 4.48. The molecule has 0 unspecified atom stereocenters. The predicted octanol–water partition coefficient (Wildman–Crippen LogP) is 7.10. The SMILES string of the molecule is Cc1ccccc1-c1noc(C2CC2)c1C=C1CC2(CCN(c3cnc(C(=O)O)c(C(F)(F)F)c3)CC2)C1. The number of anilines is 1. The van der Waals surface area contributed by atoms with Crippen molar-refractivity contribution in [1.82, 2.24) is 10.1 Å². The smallest absolute Gasteiger partial charge is 0.418 e. The van der Waals surface area contributed by atoms with E-state index >= 15 is 0 Å². The number of carbonyl (C=O) groups is 1. The Bertz CT molecular complexity index is 1420. The number of pyridine rings is 1. The molecule has 2 aromatic heterocycles. The molecule has 0 amide bonds. The molecule has 198 valence electrons. The molecule has 3 heterocycles. The standard InChI is InChI=1S/C29H28F3N3O3/c1-17-4-2-3-5-21(17)24-22(26(38-34-24)19-6-7-19)12-18-14-28(15-18)8-10-35(11-9-28)20-13-23(29(30,31)32)25(27(36)37)33-16-20/h2-5,12-13,16,19H,6-11,14-15H2,1H3,(H,36,37). The molecule has 0 bridgehead atoms. The van der Waals surface area contributed by atoms with Gasteiger partial charge in [0.15, 0.2) is 5.69 Å². The van der Waals surface area contributed by atoms with E-state index in [1.54, 1.807) is 0 Å². The Hall–Kier alpha value is -3.62. The molecular formula is C29H28F3N3O3. The molecule has 1 N–H and O–H groups in total. The number of benzene rings is 1. The summed E-state index contributed by atoms with van der Waals surface area (Å²) in [7, 11) is 0. The molecule has 1 saturated heterocycles. The van der Waals surface area contributed by atoms with E-state index < -0.39 is 23.4 Å². The summed E-state index contributed by atoms with van der Waals surface area (Å²) < 4.78 is 46.2. The minimum Gasteiger partial charge on any atom is -0.476 e. The molecule has 3 fully saturated rings. The number of carboxylic acid groups (broad SMARTS) is 1. The summed E-state index contributed by atoms with van der Waals surface area (Å²) in [4.78, 5) is 16.7. The molecular weight excluding hydrogens is 495 g/mol. The largest absolute Gasteiger partial charge is 0.476 e. The molecule has 9 heteroatoms. The van der Waals surface area contributed by atoms with Crippen molar-refractivity contribution in [3.8, 4) is 11.3 Å². The van der Waals surface area contributed by atoms with Crippen molar-refractivity contribution in [2.24, 2.45) is 5.41 Å². The van der Waals surface area contributed by atoms with Crippen molar-refractivity contribution >= 4 is 17.7 Å². The lowest BCUT2D eigenvalue weighted by Gasteiger charge is -2.50. The number of piperidine rings is 1. The molecule has 6 nitrogen and oxygen atoms in total. The van der Waals surface area contributed by atoms with Crippen LogP contribution in [0.2, 0.25) is 0 Å². The van der Waals surface area contributed by atoms with Crippen LogP contribution >= 0.6 is 0 Å². The van der Waals surface area contributed by atoms with Crippen LogP contribution < -0.4 is 4.90 Å². The summed E-state index contributed by atoms with van der Waals surface area (Å²) in [6.45, 7) is 3.29. The normalized spacial score (nSPS) is 18.9. The van der Waals surface area contributed by atoms with Crippen LogP contribution in [0.1, 0.15) is 77.4 Å². The lowest BCUT2D eigenvalue weighted by Crippen LogP contribution is -2.44. The number of aromatic nitrogens is 2. The molecule has 0 radical (unpaired) electrons. The number of aromatic carboxylic acids is 1. The number of carboxylic acids is 1. The lowest BCUT2D eigenvalue weighted by atomic mass is 9.60. The van der Waals surface area contributed by atoms with E-state index in [2.05, 4.69) is 35.3 Å². The quantitative estimate of drug-likeness (QED) is 0.384. The minimum atomic E-state index is -4.78. The van der Waals surface area contributed by atoms with E-state index in [9.17, 15) is 18.0 Å². The number of nitrogens with zero attached hydrogens (tertiary/aromatic N) is 3. The Morgan fingerprint density at radius 2 is 1.89 bits per heavy atom. The zero-order valence-electron chi connectivity index (χ0n) is 21.0. The van der Waals surface area contributed by atoms with Crippen LogP contribution in [0.3, 0.4) is 0 Å². The molecule has 1 aliphatic heterocycles. The van der Waals surface area contributed by atoms with Crippen LogP contribution in [0.25, 0.3) is 17.3 Å². The van der Waals surface area contributed by atoms with Gasteiger partial charge in [-0.25, -0.2) is 9.78 Å². The van der Waals surface area contributed by atoms with Gasteiger partial charge in [0.25, 0.3) is 0 Å². The number of halogens is 3. The maximum absolute atomic E-state index is 13.4. The van der Waals surface area contributed by atoms with Crippen LogP contribution in [0.5, 0.6) is 0 Å². The first kappa shape index (κ1) is 24.7. The second-order valence-electron chi connectivity index (χ2n) is 10.9.